The third-order valence-corrected chi connectivity index (χ3v) is 3.73. The maximum Gasteiger partial charge on any atom is 0.224 e. The van der Waals surface area contributed by atoms with E-state index in [4.69, 9.17) is 0 Å². The SMILES string of the molecule is Cc1ccc(CC(=O)NCc2ccc3c(c2)CNC3)cn1. The van der Waals surface area contributed by atoms with Crippen molar-refractivity contribution in [3.8, 4) is 0 Å². The molecular formula is C17H19N3O. The molecule has 4 nitrogen and oxygen atoms in total. The lowest BCUT2D eigenvalue weighted by Crippen LogP contribution is -2.24. The number of aromatic nitrogens is 1. The Kier molecular flexibility index (Phi) is 3.97. The molecule has 1 aliphatic rings. The van der Waals surface area contributed by atoms with Crippen molar-refractivity contribution in [1.82, 2.24) is 15.6 Å². The van der Waals surface area contributed by atoms with Crippen LogP contribution in [0.3, 0.4) is 0 Å². The highest BCUT2D eigenvalue weighted by Gasteiger charge is 2.10. The van der Waals surface area contributed by atoms with E-state index in [1.807, 2.05) is 19.1 Å². The molecule has 21 heavy (non-hydrogen) atoms. The molecule has 4 heteroatoms. The maximum atomic E-state index is 12.0. The molecule has 108 valence electrons. The monoisotopic (exact) mass is 281 g/mol. The molecule has 0 spiro atoms. The summed E-state index contributed by atoms with van der Waals surface area (Å²) >= 11 is 0. The number of nitrogens with zero attached hydrogens (tertiary/aromatic N) is 1. The molecule has 1 amide bonds. The molecule has 3 rings (SSSR count). The first-order valence-electron chi connectivity index (χ1n) is 7.20. The molecule has 0 saturated carbocycles. The molecule has 1 aromatic carbocycles. The minimum Gasteiger partial charge on any atom is -0.352 e. The van der Waals surface area contributed by atoms with Crippen LogP contribution in [-0.4, -0.2) is 10.9 Å². The van der Waals surface area contributed by atoms with Gasteiger partial charge in [-0.2, -0.15) is 0 Å². The second-order valence-electron chi connectivity index (χ2n) is 5.47. The highest BCUT2D eigenvalue weighted by molar-refractivity contribution is 5.78. The van der Waals surface area contributed by atoms with E-state index >= 15 is 0 Å². The van der Waals surface area contributed by atoms with Crippen LogP contribution in [0.1, 0.15) is 27.9 Å². The van der Waals surface area contributed by atoms with Gasteiger partial charge in [-0.25, -0.2) is 0 Å². The fraction of sp³-hybridized carbons (Fsp3) is 0.294. The summed E-state index contributed by atoms with van der Waals surface area (Å²) in [6, 6.07) is 10.3. The van der Waals surface area contributed by atoms with Crippen molar-refractivity contribution in [3.63, 3.8) is 0 Å². The van der Waals surface area contributed by atoms with Crippen molar-refractivity contribution in [2.45, 2.75) is 33.0 Å². The fourth-order valence-corrected chi connectivity index (χ4v) is 2.51. The van der Waals surface area contributed by atoms with Gasteiger partial charge in [-0.05, 0) is 35.2 Å². The number of carbonyl (C=O) groups excluding carboxylic acids is 1. The van der Waals surface area contributed by atoms with Gasteiger partial charge >= 0.3 is 0 Å². The lowest BCUT2D eigenvalue weighted by molar-refractivity contribution is -0.120. The summed E-state index contributed by atoms with van der Waals surface area (Å²) in [5, 5.41) is 6.29. The molecule has 0 unspecified atom stereocenters. The van der Waals surface area contributed by atoms with Gasteiger partial charge in [0.05, 0.1) is 6.42 Å². The van der Waals surface area contributed by atoms with Gasteiger partial charge < -0.3 is 10.6 Å². The molecular weight excluding hydrogens is 262 g/mol. The summed E-state index contributed by atoms with van der Waals surface area (Å²) < 4.78 is 0. The van der Waals surface area contributed by atoms with Gasteiger partial charge in [0.15, 0.2) is 0 Å². The van der Waals surface area contributed by atoms with Crippen LogP contribution in [0.4, 0.5) is 0 Å². The first kappa shape index (κ1) is 13.8. The summed E-state index contributed by atoms with van der Waals surface area (Å²) in [4.78, 5) is 16.2. The Morgan fingerprint density at radius 2 is 2.00 bits per heavy atom. The molecule has 2 heterocycles. The predicted octanol–water partition coefficient (Wildman–Crippen LogP) is 1.85. The standard InChI is InChI=1S/C17H19N3O/c1-12-2-3-14(8-19-12)7-17(21)20-9-13-4-5-15-10-18-11-16(15)6-13/h2-6,8,18H,7,9-11H2,1H3,(H,20,21). The minimum absolute atomic E-state index is 0.0271. The van der Waals surface area contributed by atoms with Crippen LogP contribution < -0.4 is 10.6 Å². The number of rotatable bonds is 4. The van der Waals surface area contributed by atoms with Crippen LogP contribution in [0.25, 0.3) is 0 Å². The summed E-state index contributed by atoms with van der Waals surface area (Å²) in [5.41, 5.74) is 5.75. The Labute approximate surface area is 124 Å². The molecule has 1 aliphatic heterocycles. The number of benzene rings is 1. The maximum absolute atomic E-state index is 12.0. The third kappa shape index (κ3) is 3.47. The molecule has 2 aromatic rings. The van der Waals surface area contributed by atoms with Gasteiger partial charge in [-0.1, -0.05) is 24.3 Å². The van der Waals surface area contributed by atoms with Crippen molar-refractivity contribution in [1.29, 1.82) is 0 Å². The number of hydrogen-bond acceptors (Lipinski definition) is 3. The van der Waals surface area contributed by atoms with E-state index in [9.17, 15) is 4.79 Å². The normalized spacial score (nSPS) is 13.0. The quantitative estimate of drug-likeness (QED) is 0.899. The van der Waals surface area contributed by atoms with E-state index in [0.29, 0.717) is 13.0 Å². The van der Waals surface area contributed by atoms with Crippen LogP contribution in [0.2, 0.25) is 0 Å². The average Bonchev–Trinajstić information content (AvgIpc) is 2.95. The van der Waals surface area contributed by atoms with Crippen LogP contribution >= 0.6 is 0 Å². The van der Waals surface area contributed by atoms with Crippen molar-refractivity contribution >= 4 is 5.91 Å². The van der Waals surface area contributed by atoms with E-state index in [1.165, 1.54) is 11.1 Å². The van der Waals surface area contributed by atoms with Crippen molar-refractivity contribution in [2.75, 3.05) is 0 Å². The topological polar surface area (TPSA) is 54.0 Å². The van der Waals surface area contributed by atoms with E-state index < -0.39 is 0 Å². The Balaban J connectivity index is 1.55. The van der Waals surface area contributed by atoms with E-state index in [0.717, 1.165) is 29.9 Å². The second-order valence-corrected chi connectivity index (χ2v) is 5.47. The number of amides is 1. The van der Waals surface area contributed by atoms with Gasteiger partial charge in [0.2, 0.25) is 5.91 Å². The van der Waals surface area contributed by atoms with E-state index in [2.05, 4.69) is 33.8 Å². The highest BCUT2D eigenvalue weighted by Crippen LogP contribution is 2.16. The predicted molar refractivity (Wildman–Crippen MR) is 81.5 cm³/mol. The van der Waals surface area contributed by atoms with Crippen molar-refractivity contribution < 1.29 is 4.79 Å². The number of aryl methyl sites for hydroxylation is 1. The fourth-order valence-electron chi connectivity index (χ4n) is 2.51. The molecule has 0 saturated heterocycles. The Morgan fingerprint density at radius 1 is 1.19 bits per heavy atom. The van der Waals surface area contributed by atoms with Gasteiger partial charge in [0.25, 0.3) is 0 Å². The zero-order valence-electron chi connectivity index (χ0n) is 12.1. The Morgan fingerprint density at radius 3 is 2.81 bits per heavy atom. The summed E-state index contributed by atoms with van der Waals surface area (Å²) in [6.07, 6.45) is 2.13. The van der Waals surface area contributed by atoms with Crippen LogP contribution in [0.15, 0.2) is 36.5 Å². The van der Waals surface area contributed by atoms with Crippen LogP contribution in [0.5, 0.6) is 0 Å². The van der Waals surface area contributed by atoms with E-state index in [-0.39, 0.29) is 5.91 Å². The molecule has 0 fully saturated rings. The minimum atomic E-state index is 0.0271. The van der Waals surface area contributed by atoms with Crippen molar-refractivity contribution in [2.24, 2.45) is 0 Å². The number of nitrogens with one attached hydrogen (secondary N) is 2. The number of pyridine rings is 1. The zero-order chi connectivity index (χ0) is 14.7. The largest absolute Gasteiger partial charge is 0.352 e. The number of fused-ring (bicyclic) bond motifs is 1. The van der Waals surface area contributed by atoms with Gasteiger partial charge in [-0.15, -0.1) is 0 Å². The lowest BCUT2D eigenvalue weighted by Gasteiger charge is -2.07. The van der Waals surface area contributed by atoms with Gasteiger partial charge in [0, 0.05) is 31.5 Å². The Bertz CT molecular complexity index is 650. The summed E-state index contributed by atoms with van der Waals surface area (Å²) in [6.45, 7) is 4.38. The van der Waals surface area contributed by atoms with Crippen LogP contribution in [0, 0.1) is 6.92 Å². The lowest BCUT2D eigenvalue weighted by atomic mass is 10.1. The molecule has 2 N–H and O–H groups in total. The third-order valence-electron chi connectivity index (χ3n) is 3.73. The number of hydrogen-bond donors (Lipinski definition) is 2. The molecule has 0 atom stereocenters. The van der Waals surface area contributed by atoms with Crippen molar-refractivity contribution in [3.05, 3.63) is 64.5 Å². The zero-order valence-corrected chi connectivity index (χ0v) is 12.1. The van der Waals surface area contributed by atoms with Gasteiger partial charge in [0.1, 0.15) is 0 Å². The number of carbonyl (C=O) groups is 1. The molecule has 0 radical (unpaired) electrons. The molecule has 0 bridgehead atoms. The smallest absolute Gasteiger partial charge is 0.224 e. The van der Waals surface area contributed by atoms with E-state index in [1.54, 1.807) is 6.20 Å². The summed E-state index contributed by atoms with van der Waals surface area (Å²) in [5.74, 6) is 0.0271. The van der Waals surface area contributed by atoms with Crippen LogP contribution in [-0.2, 0) is 30.8 Å². The second kappa shape index (κ2) is 6.06. The first-order valence-corrected chi connectivity index (χ1v) is 7.20. The molecule has 0 aliphatic carbocycles. The average molecular weight is 281 g/mol. The van der Waals surface area contributed by atoms with Gasteiger partial charge in [-0.3, -0.25) is 9.78 Å². The Hall–Kier alpha value is -2.20. The first-order chi connectivity index (χ1) is 10.2. The summed E-state index contributed by atoms with van der Waals surface area (Å²) in [7, 11) is 0. The molecule has 1 aromatic heterocycles. The highest BCUT2D eigenvalue weighted by atomic mass is 16.1.